The first-order chi connectivity index (χ1) is 5.25. The van der Waals surface area contributed by atoms with Gasteiger partial charge in [-0.05, 0) is 31.6 Å². The van der Waals surface area contributed by atoms with Gasteiger partial charge in [0.2, 0.25) is 0 Å². The molecule has 3 heteroatoms. The van der Waals surface area contributed by atoms with Crippen LogP contribution in [0, 0.1) is 5.41 Å². The fourth-order valence-electron chi connectivity index (χ4n) is 1.28. The molecule has 11 heavy (non-hydrogen) atoms. The molecule has 0 saturated carbocycles. The first-order valence-corrected chi connectivity index (χ1v) is 4.48. The largest absolute Gasteiger partial charge is 0.399 e. The zero-order chi connectivity index (χ0) is 7.84. The zero-order valence-corrected chi connectivity index (χ0v) is 7.02. The van der Waals surface area contributed by atoms with E-state index in [0.717, 1.165) is 17.6 Å². The van der Waals surface area contributed by atoms with E-state index in [2.05, 4.69) is 0 Å². The number of anilines is 1. The van der Waals surface area contributed by atoms with Crippen molar-refractivity contribution >= 4 is 25.0 Å². The van der Waals surface area contributed by atoms with E-state index in [0.29, 0.717) is 8.58 Å². The molecule has 0 spiro atoms. The average Bonchev–Trinajstić information content (AvgIpc) is 2.27. The lowest BCUT2D eigenvalue weighted by atomic mass is 10.1. The summed E-state index contributed by atoms with van der Waals surface area (Å²) in [4.78, 5) is 0. The Hall–Kier alpha value is -0.880. The Labute approximate surface area is 67.1 Å². The van der Waals surface area contributed by atoms with Gasteiger partial charge in [-0.1, -0.05) is 6.07 Å². The normalized spacial score (nSPS) is 17.3. The van der Waals surface area contributed by atoms with Crippen LogP contribution in [-0.2, 0) is 6.42 Å². The number of benzene rings is 1. The number of nitrogens with two attached hydrogens (primary N) is 1. The molecule has 0 aliphatic carbocycles. The molecular weight excluding hydrogens is 155 g/mol. The van der Waals surface area contributed by atoms with E-state index in [9.17, 15) is 0 Å². The smallest absolute Gasteiger partial charge is 0.0377 e. The molecule has 0 bridgehead atoms. The highest BCUT2D eigenvalue weighted by atomic mass is 31.1. The second-order valence-electron chi connectivity index (χ2n) is 2.70. The Morgan fingerprint density at radius 1 is 1.45 bits per heavy atom. The summed E-state index contributed by atoms with van der Waals surface area (Å²) in [5.41, 5.74) is 8.49. The molecule has 1 aromatic rings. The topological polar surface area (TPSA) is 49.9 Å². The van der Waals surface area contributed by atoms with Crippen LogP contribution in [-0.4, -0.2) is 5.45 Å². The Morgan fingerprint density at radius 3 is 3.09 bits per heavy atom. The highest BCUT2D eigenvalue weighted by molar-refractivity contribution is 7.66. The minimum Gasteiger partial charge on any atom is -0.399 e. The summed E-state index contributed by atoms with van der Waals surface area (Å²) >= 11 is 0. The highest BCUT2D eigenvalue weighted by Crippen LogP contribution is 2.26. The molecule has 1 aliphatic heterocycles. The Bertz CT molecular complexity index is 320. The van der Waals surface area contributed by atoms with Crippen LogP contribution in [0.4, 0.5) is 5.69 Å². The minimum atomic E-state index is 0.578. The highest BCUT2D eigenvalue weighted by Gasteiger charge is 2.14. The molecule has 1 aliphatic rings. The van der Waals surface area contributed by atoms with Gasteiger partial charge >= 0.3 is 0 Å². The van der Waals surface area contributed by atoms with Gasteiger partial charge in [0.15, 0.2) is 0 Å². The second kappa shape index (κ2) is 2.31. The summed E-state index contributed by atoms with van der Waals surface area (Å²) in [5, 5.41) is 8.77. The van der Waals surface area contributed by atoms with Gasteiger partial charge in [-0.3, -0.25) is 0 Å². The monoisotopic (exact) mass is 164 g/mol. The van der Waals surface area contributed by atoms with E-state index in [1.165, 1.54) is 10.9 Å². The fraction of sp³-hybridized carbons (Fsp3) is 0.125. The first-order valence-electron chi connectivity index (χ1n) is 3.48. The minimum absolute atomic E-state index is 0.578. The van der Waals surface area contributed by atoms with Crippen molar-refractivity contribution in [2.24, 2.45) is 0 Å². The SMILES string of the molecule is N=C1Cc2cc(N)ccc2P1. The lowest BCUT2D eigenvalue weighted by Crippen LogP contribution is -1.97. The van der Waals surface area contributed by atoms with Gasteiger partial charge in [-0.25, -0.2) is 0 Å². The summed E-state index contributed by atoms with van der Waals surface area (Å²) < 4.78 is 0. The van der Waals surface area contributed by atoms with Gasteiger partial charge in [0, 0.05) is 17.6 Å². The molecule has 1 aromatic carbocycles. The van der Waals surface area contributed by atoms with Gasteiger partial charge in [-0.2, -0.15) is 0 Å². The van der Waals surface area contributed by atoms with Crippen molar-refractivity contribution in [3.8, 4) is 0 Å². The van der Waals surface area contributed by atoms with Crippen molar-refractivity contribution in [2.45, 2.75) is 6.42 Å². The summed E-state index contributed by atoms with van der Waals surface area (Å²) in [6.45, 7) is 0. The molecule has 1 atom stereocenters. The molecule has 0 amide bonds. The lowest BCUT2D eigenvalue weighted by molar-refractivity contribution is 1.36. The van der Waals surface area contributed by atoms with Crippen molar-refractivity contribution in [1.29, 1.82) is 5.41 Å². The number of rotatable bonds is 0. The van der Waals surface area contributed by atoms with Crippen molar-refractivity contribution < 1.29 is 0 Å². The molecule has 3 N–H and O–H groups in total. The molecule has 1 heterocycles. The van der Waals surface area contributed by atoms with Crippen molar-refractivity contribution in [2.75, 3.05) is 5.73 Å². The maximum absolute atomic E-state index is 7.48. The van der Waals surface area contributed by atoms with E-state index in [4.69, 9.17) is 11.1 Å². The maximum atomic E-state index is 7.48. The van der Waals surface area contributed by atoms with Crippen molar-refractivity contribution in [1.82, 2.24) is 0 Å². The summed E-state index contributed by atoms with van der Waals surface area (Å²) in [5.74, 6) is 0. The van der Waals surface area contributed by atoms with Gasteiger partial charge in [0.05, 0.1) is 0 Å². The van der Waals surface area contributed by atoms with Crippen LogP contribution < -0.4 is 11.0 Å². The fourth-order valence-corrected chi connectivity index (χ4v) is 2.37. The maximum Gasteiger partial charge on any atom is 0.0377 e. The van der Waals surface area contributed by atoms with Crippen LogP contribution >= 0.6 is 8.58 Å². The standard InChI is InChI=1S/C8H9N2P/c9-6-1-2-7-5(3-6)4-8(10)11-7/h1-3,10-11H,4,9H2. The number of hydrogen-bond donors (Lipinski definition) is 2. The van der Waals surface area contributed by atoms with Gasteiger partial charge in [0.25, 0.3) is 0 Å². The Kier molecular flexibility index (Phi) is 1.43. The third-order valence-electron chi connectivity index (χ3n) is 1.78. The zero-order valence-electron chi connectivity index (χ0n) is 6.02. The predicted octanol–water partition coefficient (Wildman–Crippen LogP) is 1.11. The van der Waals surface area contributed by atoms with Crippen LogP contribution in [0.25, 0.3) is 0 Å². The van der Waals surface area contributed by atoms with Gasteiger partial charge in [0.1, 0.15) is 0 Å². The molecule has 0 saturated heterocycles. The van der Waals surface area contributed by atoms with E-state index in [-0.39, 0.29) is 0 Å². The molecule has 56 valence electrons. The average molecular weight is 164 g/mol. The molecular formula is C8H9N2P. The lowest BCUT2D eigenvalue weighted by Gasteiger charge is -1.97. The predicted molar refractivity (Wildman–Crippen MR) is 50.2 cm³/mol. The van der Waals surface area contributed by atoms with Crippen LogP contribution in [0.5, 0.6) is 0 Å². The third kappa shape index (κ3) is 1.14. The van der Waals surface area contributed by atoms with Crippen molar-refractivity contribution in [3.05, 3.63) is 23.8 Å². The quantitative estimate of drug-likeness (QED) is 0.438. The van der Waals surface area contributed by atoms with Gasteiger partial charge in [-0.15, -0.1) is 0 Å². The van der Waals surface area contributed by atoms with E-state index in [1.54, 1.807) is 0 Å². The summed E-state index contributed by atoms with van der Waals surface area (Å²) in [6.07, 6.45) is 0.804. The van der Waals surface area contributed by atoms with Crippen LogP contribution in [0.1, 0.15) is 5.56 Å². The Morgan fingerprint density at radius 2 is 2.27 bits per heavy atom. The summed E-state index contributed by atoms with van der Waals surface area (Å²) in [7, 11) is 0.578. The van der Waals surface area contributed by atoms with Crippen LogP contribution in [0.15, 0.2) is 18.2 Å². The van der Waals surface area contributed by atoms with Crippen LogP contribution in [0.2, 0.25) is 0 Å². The number of fused-ring (bicyclic) bond motifs is 1. The number of nitrogen functional groups attached to an aromatic ring is 1. The van der Waals surface area contributed by atoms with Crippen molar-refractivity contribution in [3.63, 3.8) is 0 Å². The van der Waals surface area contributed by atoms with Gasteiger partial charge < -0.3 is 11.1 Å². The van der Waals surface area contributed by atoms with E-state index >= 15 is 0 Å². The molecule has 0 aromatic heterocycles. The second-order valence-corrected chi connectivity index (χ2v) is 4.09. The first kappa shape index (κ1) is 6.81. The number of hydrogen-bond acceptors (Lipinski definition) is 2. The molecule has 1 unspecified atom stereocenters. The third-order valence-corrected chi connectivity index (χ3v) is 3.02. The molecule has 0 radical (unpaired) electrons. The van der Waals surface area contributed by atoms with E-state index < -0.39 is 0 Å². The Balaban J connectivity index is 2.51. The summed E-state index contributed by atoms with van der Waals surface area (Å²) in [6, 6.07) is 5.92. The number of nitrogens with one attached hydrogen (secondary N) is 1. The molecule has 0 fully saturated rings. The van der Waals surface area contributed by atoms with E-state index in [1.807, 2.05) is 18.2 Å². The molecule has 2 nitrogen and oxygen atoms in total. The van der Waals surface area contributed by atoms with Crippen LogP contribution in [0.3, 0.4) is 0 Å². The molecule has 2 rings (SSSR count).